The summed E-state index contributed by atoms with van der Waals surface area (Å²) < 4.78 is 1.57. The lowest BCUT2D eigenvalue weighted by atomic mass is 9.96. The van der Waals surface area contributed by atoms with E-state index in [-0.39, 0.29) is 23.7 Å². The van der Waals surface area contributed by atoms with E-state index in [1.54, 1.807) is 29.1 Å². The van der Waals surface area contributed by atoms with Gasteiger partial charge in [-0.1, -0.05) is 0 Å². The topological polar surface area (TPSA) is 81.3 Å². The second kappa shape index (κ2) is 6.43. The molecule has 1 aromatic heterocycles. The molecule has 0 spiro atoms. The van der Waals surface area contributed by atoms with Gasteiger partial charge in [0.2, 0.25) is 0 Å². The summed E-state index contributed by atoms with van der Waals surface area (Å²) >= 11 is 0. The van der Waals surface area contributed by atoms with Crippen LogP contribution in [-0.2, 0) is 0 Å². The highest BCUT2D eigenvalue weighted by molar-refractivity contribution is 5.95. The average molecular weight is 328 g/mol. The first-order valence-corrected chi connectivity index (χ1v) is 8.08. The van der Waals surface area contributed by atoms with Crippen LogP contribution in [0.1, 0.15) is 43.5 Å². The van der Waals surface area contributed by atoms with Crippen LogP contribution in [0.15, 0.2) is 36.9 Å². The summed E-state index contributed by atoms with van der Waals surface area (Å²) in [5, 5.41) is 11.4. The third-order valence-corrected chi connectivity index (χ3v) is 4.63. The Morgan fingerprint density at radius 1 is 1.29 bits per heavy atom. The van der Waals surface area contributed by atoms with Crippen LogP contribution in [0.5, 0.6) is 0 Å². The molecule has 1 saturated heterocycles. The first-order valence-electron chi connectivity index (χ1n) is 8.08. The number of likely N-dealkylation sites (tertiary alicyclic amines) is 1. The van der Waals surface area contributed by atoms with Crippen LogP contribution >= 0.6 is 0 Å². The number of nitro groups is 1. The average Bonchev–Trinajstić information content (AvgIpc) is 3.08. The van der Waals surface area contributed by atoms with Crippen molar-refractivity contribution < 1.29 is 9.72 Å². The van der Waals surface area contributed by atoms with Gasteiger partial charge in [-0.15, -0.1) is 0 Å². The maximum absolute atomic E-state index is 12.9. The Morgan fingerprint density at radius 2 is 2.00 bits per heavy atom. The molecule has 0 unspecified atom stereocenters. The van der Waals surface area contributed by atoms with Crippen molar-refractivity contribution in [1.82, 2.24) is 14.5 Å². The van der Waals surface area contributed by atoms with E-state index in [2.05, 4.69) is 4.98 Å². The quantitative estimate of drug-likeness (QED) is 0.640. The van der Waals surface area contributed by atoms with E-state index < -0.39 is 4.92 Å². The van der Waals surface area contributed by atoms with Gasteiger partial charge in [0.1, 0.15) is 5.69 Å². The van der Waals surface area contributed by atoms with E-state index in [9.17, 15) is 14.9 Å². The molecule has 24 heavy (non-hydrogen) atoms. The van der Waals surface area contributed by atoms with Crippen molar-refractivity contribution in [3.63, 3.8) is 0 Å². The summed E-state index contributed by atoms with van der Waals surface area (Å²) in [7, 11) is 0. The molecular formula is C17H20N4O3. The maximum Gasteiger partial charge on any atom is 0.294 e. The highest BCUT2D eigenvalue weighted by Crippen LogP contribution is 2.28. The van der Waals surface area contributed by atoms with Crippen LogP contribution < -0.4 is 0 Å². The zero-order chi connectivity index (χ0) is 17.3. The number of aromatic nitrogens is 2. The van der Waals surface area contributed by atoms with Gasteiger partial charge in [-0.25, -0.2) is 4.98 Å². The van der Waals surface area contributed by atoms with Gasteiger partial charge in [-0.3, -0.25) is 14.9 Å². The van der Waals surface area contributed by atoms with Gasteiger partial charge < -0.3 is 9.47 Å². The number of carbonyl (C=O) groups is 1. The summed E-state index contributed by atoms with van der Waals surface area (Å²) in [5.41, 5.74) is 0.649. The number of amides is 1. The van der Waals surface area contributed by atoms with Gasteiger partial charge in [0.25, 0.3) is 11.6 Å². The van der Waals surface area contributed by atoms with Crippen LogP contribution in [0.4, 0.5) is 5.69 Å². The van der Waals surface area contributed by atoms with Crippen LogP contribution in [0.25, 0.3) is 5.69 Å². The SMILES string of the molecule is C[C@@H]1CCC[C@H](C)N1C(=O)c1ccc(-n2ccnc2)c([N+](=O)[O-])c1. The molecule has 126 valence electrons. The van der Waals surface area contributed by atoms with Gasteiger partial charge in [0.05, 0.1) is 11.3 Å². The lowest BCUT2D eigenvalue weighted by Crippen LogP contribution is -2.47. The molecule has 2 atom stereocenters. The molecule has 2 heterocycles. The minimum Gasteiger partial charge on any atom is -0.333 e. The standard InChI is InChI=1S/C17H20N4O3/c1-12-4-3-5-13(2)20(12)17(22)14-6-7-15(16(10-14)21(23)24)19-9-8-18-11-19/h6-13H,3-5H2,1-2H3/t12-,13+. The summed E-state index contributed by atoms with van der Waals surface area (Å²) in [4.78, 5) is 29.6. The Morgan fingerprint density at radius 3 is 2.58 bits per heavy atom. The Hall–Kier alpha value is -2.70. The molecule has 1 fully saturated rings. The van der Waals surface area contributed by atoms with E-state index in [1.807, 2.05) is 18.7 Å². The molecule has 0 radical (unpaired) electrons. The fourth-order valence-electron chi connectivity index (χ4n) is 3.39. The maximum atomic E-state index is 12.9. The van der Waals surface area contributed by atoms with Gasteiger partial charge in [0.15, 0.2) is 0 Å². The van der Waals surface area contributed by atoms with E-state index >= 15 is 0 Å². The molecule has 0 saturated carbocycles. The minimum absolute atomic E-state index is 0.101. The lowest BCUT2D eigenvalue weighted by molar-refractivity contribution is -0.384. The largest absolute Gasteiger partial charge is 0.333 e. The van der Waals surface area contributed by atoms with Gasteiger partial charge in [-0.05, 0) is 45.2 Å². The summed E-state index contributed by atoms with van der Waals surface area (Å²) in [6.45, 7) is 4.06. The molecule has 0 aliphatic carbocycles. The van der Waals surface area contributed by atoms with Gasteiger partial charge >= 0.3 is 0 Å². The number of nitrogens with zero attached hydrogens (tertiary/aromatic N) is 4. The Bertz CT molecular complexity index is 747. The molecule has 0 bridgehead atoms. The number of benzene rings is 1. The summed E-state index contributed by atoms with van der Waals surface area (Å²) in [6.07, 6.45) is 7.72. The molecule has 1 aromatic carbocycles. The number of hydrogen-bond donors (Lipinski definition) is 0. The molecule has 3 rings (SSSR count). The predicted molar refractivity (Wildman–Crippen MR) is 89.2 cm³/mol. The monoisotopic (exact) mass is 328 g/mol. The normalized spacial score (nSPS) is 20.8. The number of imidazole rings is 1. The van der Waals surface area contributed by atoms with E-state index in [0.717, 1.165) is 19.3 Å². The fourth-order valence-corrected chi connectivity index (χ4v) is 3.39. The van der Waals surface area contributed by atoms with Gasteiger partial charge in [0, 0.05) is 36.1 Å². The minimum atomic E-state index is -0.463. The number of hydrogen-bond acceptors (Lipinski definition) is 4. The van der Waals surface area contributed by atoms with Crippen molar-refractivity contribution in [2.45, 2.75) is 45.2 Å². The highest BCUT2D eigenvalue weighted by atomic mass is 16.6. The molecule has 7 heteroatoms. The summed E-state index contributed by atoms with van der Waals surface area (Å²) in [5.74, 6) is -0.144. The second-order valence-corrected chi connectivity index (χ2v) is 6.27. The third kappa shape index (κ3) is 2.89. The molecule has 1 amide bonds. The Labute approximate surface area is 140 Å². The van der Waals surface area contributed by atoms with E-state index in [0.29, 0.717) is 11.3 Å². The van der Waals surface area contributed by atoms with Gasteiger partial charge in [-0.2, -0.15) is 0 Å². The van der Waals surface area contributed by atoms with Crippen LogP contribution in [0.3, 0.4) is 0 Å². The first-order chi connectivity index (χ1) is 11.5. The molecule has 1 aliphatic heterocycles. The van der Waals surface area contributed by atoms with Crippen LogP contribution in [-0.4, -0.2) is 37.4 Å². The van der Waals surface area contributed by atoms with Crippen molar-refractivity contribution in [1.29, 1.82) is 0 Å². The van der Waals surface area contributed by atoms with Crippen molar-refractivity contribution in [2.75, 3.05) is 0 Å². The molecule has 0 N–H and O–H groups in total. The predicted octanol–water partition coefficient (Wildman–Crippen LogP) is 3.18. The Balaban J connectivity index is 1.98. The fraction of sp³-hybridized carbons (Fsp3) is 0.412. The third-order valence-electron chi connectivity index (χ3n) is 4.63. The van der Waals surface area contributed by atoms with E-state index in [1.165, 1.54) is 12.4 Å². The van der Waals surface area contributed by atoms with Crippen LogP contribution in [0, 0.1) is 10.1 Å². The smallest absolute Gasteiger partial charge is 0.294 e. The molecular weight excluding hydrogens is 308 g/mol. The second-order valence-electron chi connectivity index (χ2n) is 6.27. The number of nitro benzene ring substituents is 1. The molecule has 1 aliphatic rings. The van der Waals surface area contributed by atoms with Crippen molar-refractivity contribution in [3.05, 3.63) is 52.6 Å². The summed E-state index contributed by atoms with van der Waals surface area (Å²) in [6, 6.07) is 4.92. The number of carbonyl (C=O) groups excluding carboxylic acids is 1. The lowest BCUT2D eigenvalue weighted by Gasteiger charge is -2.39. The van der Waals surface area contributed by atoms with Crippen LogP contribution in [0.2, 0.25) is 0 Å². The zero-order valence-corrected chi connectivity index (χ0v) is 13.8. The number of piperidine rings is 1. The Kier molecular flexibility index (Phi) is 4.33. The zero-order valence-electron chi connectivity index (χ0n) is 13.8. The number of rotatable bonds is 3. The van der Waals surface area contributed by atoms with E-state index in [4.69, 9.17) is 0 Å². The molecule has 2 aromatic rings. The van der Waals surface area contributed by atoms with Crippen molar-refractivity contribution >= 4 is 11.6 Å². The van der Waals surface area contributed by atoms with Crippen molar-refractivity contribution in [3.8, 4) is 5.69 Å². The van der Waals surface area contributed by atoms with Crippen molar-refractivity contribution in [2.24, 2.45) is 0 Å². The highest BCUT2D eigenvalue weighted by Gasteiger charge is 2.30. The first kappa shape index (κ1) is 16.2. The molecule has 7 nitrogen and oxygen atoms in total.